The van der Waals surface area contributed by atoms with Gasteiger partial charge in [-0.05, 0) is 13.0 Å². The number of Topliss-reactive ketones (excluding diaryl/α,β-unsaturated/α-hetero) is 1. The lowest BCUT2D eigenvalue weighted by atomic mass is 10.3. The Labute approximate surface area is 90.0 Å². The molecule has 0 aliphatic heterocycles. The van der Waals surface area contributed by atoms with Crippen molar-refractivity contribution in [3.8, 4) is 0 Å². The van der Waals surface area contributed by atoms with Crippen molar-refractivity contribution >= 4 is 22.6 Å². The Bertz CT molecular complexity index is 573. The number of oxazole rings is 1. The molecule has 0 unspecified atom stereocenters. The van der Waals surface area contributed by atoms with Crippen LogP contribution in [-0.2, 0) is 11.2 Å². The van der Waals surface area contributed by atoms with E-state index in [0.717, 1.165) is 0 Å². The number of hydrogen-bond donors (Lipinski definition) is 0. The Morgan fingerprint density at radius 3 is 2.94 bits per heavy atom. The number of nitro benzene ring substituents is 1. The standard InChI is InChI=1S/C10H8N2O4/c1-6(13)4-10-11-8-3-2-7(12(14)15)5-9(8)16-10/h2-3,5H,4H2,1H3. The zero-order valence-electron chi connectivity index (χ0n) is 8.47. The third kappa shape index (κ3) is 1.90. The van der Waals surface area contributed by atoms with Crippen LogP contribution < -0.4 is 0 Å². The van der Waals surface area contributed by atoms with Gasteiger partial charge in [0.2, 0.25) is 5.89 Å². The third-order valence-corrected chi connectivity index (χ3v) is 2.03. The summed E-state index contributed by atoms with van der Waals surface area (Å²) >= 11 is 0. The fourth-order valence-electron chi connectivity index (χ4n) is 1.36. The molecular formula is C10H8N2O4. The van der Waals surface area contributed by atoms with Crippen molar-refractivity contribution in [2.45, 2.75) is 13.3 Å². The third-order valence-electron chi connectivity index (χ3n) is 2.03. The molecule has 1 aromatic carbocycles. The van der Waals surface area contributed by atoms with Gasteiger partial charge in [0.1, 0.15) is 11.3 Å². The van der Waals surface area contributed by atoms with E-state index in [0.29, 0.717) is 11.1 Å². The number of rotatable bonds is 3. The van der Waals surface area contributed by atoms with Crippen LogP contribution >= 0.6 is 0 Å². The number of nitro groups is 1. The SMILES string of the molecule is CC(=O)Cc1nc2ccc([N+](=O)[O-])cc2o1. The Balaban J connectivity index is 2.45. The minimum Gasteiger partial charge on any atom is -0.440 e. The van der Waals surface area contributed by atoms with Crippen LogP contribution in [0.5, 0.6) is 0 Å². The van der Waals surface area contributed by atoms with Crippen molar-refractivity contribution in [2.24, 2.45) is 0 Å². The Morgan fingerprint density at radius 1 is 1.56 bits per heavy atom. The lowest BCUT2D eigenvalue weighted by molar-refractivity contribution is -0.384. The van der Waals surface area contributed by atoms with E-state index in [4.69, 9.17) is 4.42 Å². The van der Waals surface area contributed by atoms with E-state index >= 15 is 0 Å². The van der Waals surface area contributed by atoms with Crippen LogP contribution in [0.2, 0.25) is 0 Å². The summed E-state index contributed by atoms with van der Waals surface area (Å²) in [5.41, 5.74) is 0.783. The summed E-state index contributed by atoms with van der Waals surface area (Å²) in [6.45, 7) is 1.43. The van der Waals surface area contributed by atoms with E-state index in [9.17, 15) is 14.9 Å². The Kier molecular flexibility index (Phi) is 2.40. The van der Waals surface area contributed by atoms with Crippen molar-refractivity contribution in [3.05, 3.63) is 34.2 Å². The van der Waals surface area contributed by atoms with Gasteiger partial charge in [-0.1, -0.05) is 0 Å². The summed E-state index contributed by atoms with van der Waals surface area (Å²) in [4.78, 5) is 24.9. The molecule has 0 fully saturated rings. The zero-order valence-corrected chi connectivity index (χ0v) is 8.47. The molecule has 0 aliphatic carbocycles. The molecule has 0 atom stereocenters. The molecule has 2 aromatic rings. The number of hydrogen-bond acceptors (Lipinski definition) is 5. The maximum Gasteiger partial charge on any atom is 0.273 e. The quantitative estimate of drug-likeness (QED) is 0.582. The highest BCUT2D eigenvalue weighted by molar-refractivity contribution is 5.79. The summed E-state index contributed by atoms with van der Waals surface area (Å²) in [5.74, 6) is 0.212. The first kappa shape index (κ1) is 10.3. The second-order valence-corrected chi connectivity index (χ2v) is 3.40. The molecule has 0 aliphatic rings. The maximum absolute atomic E-state index is 10.9. The van der Waals surface area contributed by atoms with Gasteiger partial charge in [0.25, 0.3) is 5.69 Å². The number of nitrogens with zero attached hydrogens (tertiary/aromatic N) is 2. The van der Waals surface area contributed by atoms with Gasteiger partial charge in [0, 0.05) is 6.07 Å². The minimum atomic E-state index is -0.507. The number of benzene rings is 1. The largest absolute Gasteiger partial charge is 0.440 e. The van der Waals surface area contributed by atoms with Crippen LogP contribution in [0.25, 0.3) is 11.1 Å². The highest BCUT2D eigenvalue weighted by Gasteiger charge is 2.12. The molecule has 6 nitrogen and oxygen atoms in total. The summed E-state index contributed by atoms with van der Waals surface area (Å²) in [6, 6.07) is 4.15. The molecule has 0 N–H and O–H groups in total. The molecule has 1 heterocycles. The minimum absolute atomic E-state index is 0.0574. The van der Waals surface area contributed by atoms with Crippen LogP contribution in [0, 0.1) is 10.1 Å². The lowest BCUT2D eigenvalue weighted by Crippen LogP contribution is -1.95. The second-order valence-electron chi connectivity index (χ2n) is 3.40. The zero-order chi connectivity index (χ0) is 11.7. The van der Waals surface area contributed by atoms with Crippen molar-refractivity contribution < 1.29 is 14.1 Å². The predicted molar refractivity (Wildman–Crippen MR) is 55.0 cm³/mol. The summed E-state index contributed by atoms with van der Waals surface area (Å²) in [6.07, 6.45) is 0.0997. The molecule has 0 saturated carbocycles. The van der Waals surface area contributed by atoms with Gasteiger partial charge < -0.3 is 4.42 Å². The number of fused-ring (bicyclic) bond motifs is 1. The highest BCUT2D eigenvalue weighted by Crippen LogP contribution is 2.21. The van der Waals surface area contributed by atoms with E-state index in [1.54, 1.807) is 0 Å². The van der Waals surface area contributed by atoms with E-state index in [-0.39, 0.29) is 23.8 Å². The average molecular weight is 220 g/mol. The fourth-order valence-corrected chi connectivity index (χ4v) is 1.36. The van der Waals surface area contributed by atoms with Gasteiger partial charge in [0.15, 0.2) is 5.58 Å². The number of aromatic nitrogens is 1. The van der Waals surface area contributed by atoms with Gasteiger partial charge in [-0.15, -0.1) is 0 Å². The monoisotopic (exact) mass is 220 g/mol. The van der Waals surface area contributed by atoms with Crippen LogP contribution in [0.1, 0.15) is 12.8 Å². The predicted octanol–water partition coefficient (Wildman–Crippen LogP) is 1.87. The maximum atomic E-state index is 10.9. The first-order valence-corrected chi connectivity index (χ1v) is 4.59. The summed E-state index contributed by atoms with van der Waals surface area (Å²) in [7, 11) is 0. The van der Waals surface area contributed by atoms with E-state index in [1.807, 2.05) is 0 Å². The molecule has 0 spiro atoms. The van der Waals surface area contributed by atoms with Gasteiger partial charge in [-0.2, -0.15) is 0 Å². The van der Waals surface area contributed by atoms with Crippen LogP contribution in [0.4, 0.5) is 5.69 Å². The second kappa shape index (κ2) is 3.73. The van der Waals surface area contributed by atoms with Crippen molar-refractivity contribution in [3.63, 3.8) is 0 Å². The number of carbonyl (C=O) groups is 1. The van der Waals surface area contributed by atoms with Crippen molar-refractivity contribution in [1.82, 2.24) is 4.98 Å². The highest BCUT2D eigenvalue weighted by atomic mass is 16.6. The molecule has 6 heteroatoms. The Morgan fingerprint density at radius 2 is 2.31 bits per heavy atom. The van der Waals surface area contributed by atoms with E-state index < -0.39 is 4.92 Å². The van der Waals surface area contributed by atoms with Gasteiger partial charge in [0.05, 0.1) is 17.4 Å². The number of carbonyl (C=O) groups excluding carboxylic acids is 1. The molecule has 2 rings (SSSR count). The molecule has 0 radical (unpaired) electrons. The molecule has 82 valence electrons. The molecular weight excluding hydrogens is 212 g/mol. The molecule has 0 saturated heterocycles. The first-order valence-electron chi connectivity index (χ1n) is 4.59. The van der Waals surface area contributed by atoms with Gasteiger partial charge in [-0.25, -0.2) is 4.98 Å². The van der Waals surface area contributed by atoms with Gasteiger partial charge >= 0.3 is 0 Å². The normalized spacial score (nSPS) is 10.6. The van der Waals surface area contributed by atoms with E-state index in [1.165, 1.54) is 25.1 Å². The average Bonchev–Trinajstić information content (AvgIpc) is 2.56. The van der Waals surface area contributed by atoms with Crippen LogP contribution in [0.3, 0.4) is 0 Å². The summed E-state index contributed by atoms with van der Waals surface area (Å²) in [5, 5.41) is 10.5. The molecule has 0 amide bonds. The number of ketones is 1. The van der Waals surface area contributed by atoms with Crippen molar-refractivity contribution in [2.75, 3.05) is 0 Å². The molecule has 1 aromatic heterocycles. The van der Waals surface area contributed by atoms with E-state index in [2.05, 4.69) is 4.98 Å². The summed E-state index contributed by atoms with van der Waals surface area (Å²) < 4.78 is 5.23. The van der Waals surface area contributed by atoms with Crippen molar-refractivity contribution in [1.29, 1.82) is 0 Å². The van der Waals surface area contributed by atoms with Crippen LogP contribution in [0.15, 0.2) is 22.6 Å². The van der Waals surface area contributed by atoms with Crippen LogP contribution in [-0.4, -0.2) is 15.7 Å². The molecule has 0 bridgehead atoms. The molecule has 16 heavy (non-hydrogen) atoms. The number of non-ortho nitro benzene ring substituents is 1. The Hall–Kier alpha value is -2.24. The fraction of sp³-hybridized carbons (Fsp3) is 0.200. The topological polar surface area (TPSA) is 86.2 Å². The van der Waals surface area contributed by atoms with Gasteiger partial charge in [-0.3, -0.25) is 14.9 Å². The smallest absolute Gasteiger partial charge is 0.273 e. The first-order chi connectivity index (χ1) is 7.56. The lowest BCUT2D eigenvalue weighted by Gasteiger charge is -1.88.